The van der Waals surface area contributed by atoms with Crippen molar-refractivity contribution in [1.29, 1.82) is 0 Å². The van der Waals surface area contributed by atoms with Gasteiger partial charge in [0, 0.05) is 0 Å². The largest absolute Gasteiger partial charge is 0.467 e. The minimum absolute atomic E-state index is 0.439. The van der Waals surface area contributed by atoms with Crippen molar-refractivity contribution in [2.45, 2.75) is 12.6 Å². The third-order valence-corrected chi connectivity index (χ3v) is 2.77. The maximum atomic E-state index is 10.00. The standard InChI is InChI=1S/C13H12N2O2/c16-12(13-6-3-7-17-13)8-15-9-14-10-4-1-2-5-11(10)15/h1-7,9,12,16H,8H2. The number of rotatable bonds is 3. The molecule has 3 aromatic rings. The van der Waals surface area contributed by atoms with Crippen LogP contribution in [0.1, 0.15) is 11.9 Å². The van der Waals surface area contributed by atoms with Crippen LogP contribution in [-0.2, 0) is 6.54 Å². The normalized spacial score (nSPS) is 13.0. The SMILES string of the molecule is OC(Cn1cnc2ccccc21)c1ccco1. The highest BCUT2D eigenvalue weighted by molar-refractivity contribution is 5.74. The predicted molar refractivity (Wildman–Crippen MR) is 63.4 cm³/mol. The fraction of sp³-hybridized carbons (Fsp3) is 0.154. The maximum Gasteiger partial charge on any atom is 0.134 e. The average molecular weight is 228 g/mol. The van der Waals surface area contributed by atoms with Gasteiger partial charge in [0.15, 0.2) is 0 Å². The van der Waals surface area contributed by atoms with Gasteiger partial charge in [-0.3, -0.25) is 0 Å². The Morgan fingerprint density at radius 3 is 2.94 bits per heavy atom. The molecule has 1 aromatic carbocycles. The summed E-state index contributed by atoms with van der Waals surface area (Å²) in [5.41, 5.74) is 1.94. The summed E-state index contributed by atoms with van der Waals surface area (Å²) in [6.45, 7) is 0.439. The number of furan rings is 1. The number of hydrogen-bond acceptors (Lipinski definition) is 3. The van der Waals surface area contributed by atoms with Crippen molar-refractivity contribution in [3.8, 4) is 0 Å². The molecule has 1 N–H and O–H groups in total. The number of para-hydroxylation sites is 2. The van der Waals surface area contributed by atoms with Crippen LogP contribution >= 0.6 is 0 Å². The van der Waals surface area contributed by atoms with Crippen molar-refractivity contribution in [2.75, 3.05) is 0 Å². The Hall–Kier alpha value is -2.07. The van der Waals surface area contributed by atoms with Gasteiger partial charge in [0.25, 0.3) is 0 Å². The number of aliphatic hydroxyl groups is 1. The first-order valence-corrected chi connectivity index (χ1v) is 5.46. The first-order chi connectivity index (χ1) is 8.34. The highest BCUT2D eigenvalue weighted by Crippen LogP contribution is 2.18. The zero-order valence-electron chi connectivity index (χ0n) is 9.15. The summed E-state index contributed by atoms with van der Waals surface area (Å²) >= 11 is 0. The van der Waals surface area contributed by atoms with Crippen LogP contribution in [0.15, 0.2) is 53.4 Å². The van der Waals surface area contributed by atoms with Crippen LogP contribution < -0.4 is 0 Å². The van der Waals surface area contributed by atoms with Gasteiger partial charge in [-0.25, -0.2) is 4.98 Å². The van der Waals surface area contributed by atoms with Crippen LogP contribution in [0.25, 0.3) is 11.0 Å². The highest BCUT2D eigenvalue weighted by Gasteiger charge is 2.12. The fourth-order valence-electron chi connectivity index (χ4n) is 1.91. The van der Waals surface area contributed by atoms with Gasteiger partial charge in [0.1, 0.15) is 11.9 Å². The molecule has 4 heteroatoms. The zero-order chi connectivity index (χ0) is 11.7. The van der Waals surface area contributed by atoms with E-state index < -0.39 is 6.10 Å². The van der Waals surface area contributed by atoms with Crippen molar-refractivity contribution in [2.24, 2.45) is 0 Å². The van der Waals surface area contributed by atoms with Crippen LogP contribution in [0.4, 0.5) is 0 Å². The first kappa shape index (κ1) is 10.1. The van der Waals surface area contributed by atoms with Gasteiger partial charge in [0.05, 0.1) is 30.2 Å². The molecule has 0 fully saturated rings. The van der Waals surface area contributed by atoms with E-state index in [0.29, 0.717) is 12.3 Å². The van der Waals surface area contributed by atoms with Gasteiger partial charge < -0.3 is 14.1 Å². The van der Waals surface area contributed by atoms with Crippen molar-refractivity contribution in [3.05, 3.63) is 54.7 Å². The Morgan fingerprint density at radius 1 is 1.24 bits per heavy atom. The number of aromatic nitrogens is 2. The van der Waals surface area contributed by atoms with Gasteiger partial charge in [-0.05, 0) is 24.3 Å². The Balaban J connectivity index is 1.90. The van der Waals surface area contributed by atoms with E-state index >= 15 is 0 Å². The summed E-state index contributed by atoms with van der Waals surface area (Å²) in [6, 6.07) is 11.4. The fourth-order valence-corrected chi connectivity index (χ4v) is 1.91. The summed E-state index contributed by atoms with van der Waals surface area (Å²) < 4.78 is 7.09. The van der Waals surface area contributed by atoms with E-state index in [0.717, 1.165) is 11.0 Å². The van der Waals surface area contributed by atoms with E-state index in [4.69, 9.17) is 4.42 Å². The van der Waals surface area contributed by atoms with Crippen LogP contribution in [0.2, 0.25) is 0 Å². The van der Waals surface area contributed by atoms with E-state index in [2.05, 4.69) is 4.98 Å². The summed E-state index contributed by atoms with van der Waals surface area (Å²) in [6.07, 6.45) is 2.64. The molecule has 0 saturated heterocycles. The molecule has 1 unspecified atom stereocenters. The Bertz CT molecular complexity index is 613. The molecule has 0 amide bonds. The van der Waals surface area contributed by atoms with Crippen LogP contribution in [0.3, 0.4) is 0 Å². The lowest BCUT2D eigenvalue weighted by molar-refractivity contribution is 0.131. The van der Waals surface area contributed by atoms with Crippen LogP contribution in [0.5, 0.6) is 0 Å². The molecular formula is C13H12N2O2. The summed E-state index contributed by atoms with van der Waals surface area (Å²) in [5, 5.41) is 10.00. The second-order valence-corrected chi connectivity index (χ2v) is 3.92. The molecule has 0 aliphatic carbocycles. The second kappa shape index (κ2) is 4.07. The molecule has 0 aliphatic heterocycles. The number of aliphatic hydroxyl groups excluding tert-OH is 1. The minimum Gasteiger partial charge on any atom is -0.467 e. The molecule has 2 heterocycles. The minimum atomic E-state index is -0.650. The van der Waals surface area contributed by atoms with Crippen molar-refractivity contribution < 1.29 is 9.52 Å². The van der Waals surface area contributed by atoms with Gasteiger partial charge >= 0.3 is 0 Å². The highest BCUT2D eigenvalue weighted by atomic mass is 16.4. The van der Waals surface area contributed by atoms with E-state index in [9.17, 15) is 5.11 Å². The molecule has 0 aliphatic rings. The molecule has 86 valence electrons. The molecule has 0 bridgehead atoms. The van der Waals surface area contributed by atoms with Crippen LogP contribution in [-0.4, -0.2) is 14.7 Å². The summed E-state index contributed by atoms with van der Waals surface area (Å²) in [5.74, 6) is 0.572. The van der Waals surface area contributed by atoms with Crippen molar-refractivity contribution in [3.63, 3.8) is 0 Å². The lowest BCUT2D eigenvalue weighted by atomic mass is 10.2. The molecule has 0 spiro atoms. The first-order valence-electron chi connectivity index (χ1n) is 5.46. The Kier molecular flexibility index (Phi) is 2.42. The van der Waals surface area contributed by atoms with E-state index in [1.165, 1.54) is 0 Å². The summed E-state index contributed by atoms with van der Waals surface area (Å²) in [4.78, 5) is 4.27. The zero-order valence-corrected chi connectivity index (χ0v) is 9.15. The predicted octanol–water partition coefficient (Wildman–Crippen LogP) is 2.36. The van der Waals surface area contributed by atoms with Gasteiger partial charge in [-0.1, -0.05) is 12.1 Å². The van der Waals surface area contributed by atoms with Crippen molar-refractivity contribution in [1.82, 2.24) is 9.55 Å². The third-order valence-electron chi connectivity index (χ3n) is 2.77. The Morgan fingerprint density at radius 2 is 2.12 bits per heavy atom. The smallest absolute Gasteiger partial charge is 0.134 e. The Labute approximate surface area is 98.1 Å². The number of nitrogens with zero attached hydrogens (tertiary/aromatic N) is 2. The average Bonchev–Trinajstić information content (AvgIpc) is 2.98. The van der Waals surface area contributed by atoms with Gasteiger partial charge in [-0.15, -0.1) is 0 Å². The van der Waals surface area contributed by atoms with E-state index in [-0.39, 0.29) is 0 Å². The summed E-state index contributed by atoms with van der Waals surface area (Å²) in [7, 11) is 0. The molecular weight excluding hydrogens is 216 g/mol. The topological polar surface area (TPSA) is 51.2 Å². The van der Waals surface area contributed by atoms with E-state index in [1.807, 2.05) is 28.8 Å². The van der Waals surface area contributed by atoms with Crippen molar-refractivity contribution >= 4 is 11.0 Å². The quantitative estimate of drug-likeness (QED) is 0.748. The van der Waals surface area contributed by atoms with Gasteiger partial charge in [-0.2, -0.15) is 0 Å². The number of hydrogen-bond donors (Lipinski definition) is 1. The molecule has 2 aromatic heterocycles. The van der Waals surface area contributed by atoms with Gasteiger partial charge in [0.2, 0.25) is 0 Å². The molecule has 0 saturated carbocycles. The monoisotopic (exact) mass is 228 g/mol. The molecule has 1 atom stereocenters. The third kappa shape index (κ3) is 1.83. The number of imidazole rings is 1. The number of benzene rings is 1. The molecule has 4 nitrogen and oxygen atoms in total. The lowest BCUT2D eigenvalue weighted by Gasteiger charge is -2.09. The number of fused-ring (bicyclic) bond motifs is 1. The lowest BCUT2D eigenvalue weighted by Crippen LogP contribution is -2.06. The van der Waals surface area contributed by atoms with Crippen LogP contribution in [0, 0.1) is 0 Å². The molecule has 0 radical (unpaired) electrons. The second-order valence-electron chi connectivity index (χ2n) is 3.92. The molecule has 3 rings (SSSR count). The van der Waals surface area contributed by atoms with E-state index in [1.54, 1.807) is 24.7 Å². The molecule has 17 heavy (non-hydrogen) atoms. The maximum absolute atomic E-state index is 10.00.